The number of fused-ring (bicyclic) bond motifs is 1. The summed E-state index contributed by atoms with van der Waals surface area (Å²) in [6.45, 7) is 4.14. The van der Waals surface area contributed by atoms with E-state index in [2.05, 4.69) is 35.1 Å². The van der Waals surface area contributed by atoms with Crippen molar-refractivity contribution in [1.82, 2.24) is 29.9 Å². The van der Waals surface area contributed by atoms with Crippen LogP contribution < -0.4 is 9.80 Å². The highest BCUT2D eigenvalue weighted by atomic mass is 32.1. The van der Waals surface area contributed by atoms with Crippen molar-refractivity contribution < 1.29 is 0 Å². The highest BCUT2D eigenvalue weighted by Crippen LogP contribution is 2.35. The lowest BCUT2D eigenvalue weighted by atomic mass is 10.0. The van der Waals surface area contributed by atoms with Crippen LogP contribution in [-0.4, -0.2) is 56.1 Å². The summed E-state index contributed by atoms with van der Waals surface area (Å²) in [4.78, 5) is 13.5. The minimum absolute atomic E-state index is 0.650. The molecule has 0 spiro atoms. The Balaban J connectivity index is 1.32. The maximum absolute atomic E-state index is 4.47. The van der Waals surface area contributed by atoms with Crippen molar-refractivity contribution in [2.75, 3.05) is 36.0 Å². The van der Waals surface area contributed by atoms with Crippen LogP contribution in [0.4, 0.5) is 10.9 Å². The quantitative estimate of drug-likeness (QED) is 0.706. The first kappa shape index (κ1) is 13.8. The van der Waals surface area contributed by atoms with Crippen molar-refractivity contribution in [3.63, 3.8) is 0 Å². The molecule has 0 bridgehead atoms. The van der Waals surface area contributed by atoms with E-state index < -0.39 is 0 Å². The molecule has 0 amide bonds. The average molecular weight is 340 g/mol. The predicted octanol–water partition coefficient (Wildman–Crippen LogP) is 1.09. The van der Waals surface area contributed by atoms with Crippen molar-refractivity contribution in [3.8, 4) is 5.82 Å². The molecule has 5 rings (SSSR count). The van der Waals surface area contributed by atoms with E-state index in [1.54, 1.807) is 34.1 Å². The van der Waals surface area contributed by atoms with Gasteiger partial charge in [0.1, 0.15) is 17.7 Å². The fraction of sp³-hybridized carbons (Fsp3) is 0.400. The number of anilines is 2. The zero-order valence-corrected chi connectivity index (χ0v) is 13.7. The van der Waals surface area contributed by atoms with E-state index in [9.17, 15) is 0 Å². The molecular formula is C15H16N8S. The summed E-state index contributed by atoms with van der Waals surface area (Å²) in [5.74, 6) is 3.08. The summed E-state index contributed by atoms with van der Waals surface area (Å²) >= 11 is 1.62. The minimum atomic E-state index is 0.650. The normalized spacial score (nSPS) is 23.0. The second-order valence-corrected chi connectivity index (χ2v) is 7.05. The van der Waals surface area contributed by atoms with Crippen LogP contribution >= 0.6 is 11.3 Å². The van der Waals surface area contributed by atoms with Gasteiger partial charge in [0, 0.05) is 56.5 Å². The molecule has 2 saturated heterocycles. The SMILES string of the molecule is c1cnn(-c2cc(N3CC4CN(c5nncs5)CC4C3)ncn2)c1. The third kappa shape index (κ3) is 2.32. The van der Waals surface area contributed by atoms with Crippen LogP contribution in [0.5, 0.6) is 0 Å². The van der Waals surface area contributed by atoms with Crippen molar-refractivity contribution in [1.29, 1.82) is 0 Å². The van der Waals surface area contributed by atoms with Gasteiger partial charge in [-0.3, -0.25) is 0 Å². The molecule has 0 radical (unpaired) electrons. The van der Waals surface area contributed by atoms with Crippen LogP contribution in [0, 0.1) is 11.8 Å². The second kappa shape index (κ2) is 5.52. The van der Waals surface area contributed by atoms with Crippen LogP contribution in [0.15, 0.2) is 36.4 Å². The van der Waals surface area contributed by atoms with Crippen LogP contribution in [0.3, 0.4) is 0 Å². The Kier molecular flexibility index (Phi) is 3.18. The largest absolute Gasteiger partial charge is 0.356 e. The van der Waals surface area contributed by atoms with E-state index in [0.29, 0.717) is 11.8 Å². The van der Waals surface area contributed by atoms with Gasteiger partial charge < -0.3 is 9.80 Å². The van der Waals surface area contributed by atoms with Crippen molar-refractivity contribution in [2.45, 2.75) is 0 Å². The highest BCUT2D eigenvalue weighted by molar-refractivity contribution is 7.13. The zero-order valence-electron chi connectivity index (χ0n) is 12.9. The smallest absolute Gasteiger partial charge is 0.208 e. The van der Waals surface area contributed by atoms with Gasteiger partial charge in [-0.1, -0.05) is 11.3 Å². The first-order chi connectivity index (χ1) is 11.9. The van der Waals surface area contributed by atoms with Crippen molar-refractivity contribution in [3.05, 3.63) is 36.4 Å². The number of hydrogen-bond donors (Lipinski definition) is 0. The van der Waals surface area contributed by atoms with Crippen molar-refractivity contribution >= 4 is 22.3 Å². The molecule has 122 valence electrons. The summed E-state index contributed by atoms with van der Waals surface area (Å²) in [5.41, 5.74) is 1.80. The van der Waals surface area contributed by atoms with Crippen molar-refractivity contribution in [2.24, 2.45) is 11.8 Å². The van der Waals surface area contributed by atoms with Gasteiger partial charge in [-0.15, -0.1) is 10.2 Å². The topological polar surface area (TPSA) is 75.9 Å². The van der Waals surface area contributed by atoms with Gasteiger partial charge in [0.25, 0.3) is 0 Å². The molecule has 24 heavy (non-hydrogen) atoms. The third-order valence-corrected chi connectivity index (χ3v) is 5.56. The van der Waals surface area contributed by atoms with E-state index >= 15 is 0 Å². The van der Waals surface area contributed by atoms with Gasteiger partial charge in [0.15, 0.2) is 5.82 Å². The van der Waals surface area contributed by atoms with Crippen LogP contribution in [0.25, 0.3) is 5.82 Å². The van der Waals surface area contributed by atoms with Crippen LogP contribution in [-0.2, 0) is 0 Å². The first-order valence-corrected chi connectivity index (χ1v) is 8.83. The average Bonchev–Trinajstić information content (AvgIpc) is 3.37. The molecule has 2 atom stereocenters. The molecule has 3 aromatic heterocycles. The maximum Gasteiger partial charge on any atom is 0.208 e. The summed E-state index contributed by atoms with van der Waals surface area (Å²) in [5, 5.41) is 13.4. The fourth-order valence-electron chi connectivity index (χ4n) is 3.68. The summed E-state index contributed by atoms with van der Waals surface area (Å²) < 4.78 is 1.76. The minimum Gasteiger partial charge on any atom is -0.356 e. The van der Waals surface area contributed by atoms with Gasteiger partial charge in [0.2, 0.25) is 5.13 Å². The Bertz CT molecular complexity index is 804. The molecule has 0 N–H and O–H groups in total. The summed E-state index contributed by atoms with van der Waals surface area (Å²) in [7, 11) is 0. The Morgan fingerprint density at radius 2 is 1.79 bits per heavy atom. The molecule has 2 fully saturated rings. The number of rotatable bonds is 3. The fourth-order valence-corrected chi connectivity index (χ4v) is 4.26. The van der Waals surface area contributed by atoms with Gasteiger partial charge in [-0.05, 0) is 6.07 Å². The monoisotopic (exact) mass is 340 g/mol. The number of aromatic nitrogens is 6. The second-order valence-electron chi connectivity index (χ2n) is 6.24. The molecule has 5 heterocycles. The maximum atomic E-state index is 4.47. The molecule has 9 heteroatoms. The molecular weight excluding hydrogens is 324 g/mol. The van der Waals surface area contributed by atoms with E-state index in [0.717, 1.165) is 42.9 Å². The first-order valence-electron chi connectivity index (χ1n) is 7.95. The van der Waals surface area contributed by atoms with E-state index in [-0.39, 0.29) is 0 Å². The molecule has 3 aromatic rings. The Labute approximate surface area is 142 Å². The third-order valence-electron chi connectivity index (χ3n) is 4.81. The van der Waals surface area contributed by atoms with E-state index in [1.807, 2.05) is 18.3 Å². The van der Waals surface area contributed by atoms with Gasteiger partial charge in [0.05, 0.1) is 0 Å². The Morgan fingerprint density at radius 1 is 1.00 bits per heavy atom. The lowest BCUT2D eigenvalue weighted by molar-refractivity contribution is 0.533. The van der Waals surface area contributed by atoms with Gasteiger partial charge in [-0.2, -0.15) is 5.10 Å². The lowest BCUT2D eigenvalue weighted by Crippen LogP contribution is -2.29. The van der Waals surface area contributed by atoms with E-state index in [1.165, 1.54) is 0 Å². The van der Waals surface area contributed by atoms with Crippen LogP contribution in [0.1, 0.15) is 0 Å². The lowest BCUT2D eigenvalue weighted by Gasteiger charge is -2.21. The van der Waals surface area contributed by atoms with Gasteiger partial charge in [-0.25, -0.2) is 14.6 Å². The molecule has 0 aromatic carbocycles. The van der Waals surface area contributed by atoms with Crippen LogP contribution in [0.2, 0.25) is 0 Å². The predicted molar refractivity (Wildman–Crippen MR) is 90.5 cm³/mol. The molecule has 2 aliphatic heterocycles. The molecule has 0 aliphatic carbocycles. The standard InChI is InChI=1S/C15H16N8S/c1-2-19-23(3-1)14-4-13(16-9-17-14)21-5-11-7-22(8-12(11)6-21)15-20-18-10-24-15/h1-4,9-12H,5-8H2. The van der Waals surface area contributed by atoms with E-state index in [4.69, 9.17) is 0 Å². The Hall–Kier alpha value is -2.55. The zero-order chi connectivity index (χ0) is 15.9. The Morgan fingerprint density at radius 3 is 2.50 bits per heavy atom. The molecule has 0 saturated carbocycles. The molecule has 8 nitrogen and oxygen atoms in total. The molecule has 2 aliphatic rings. The van der Waals surface area contributed by atoms with Gasteiger partial charge >= 0.3 is 0 Å². The number of hydrogen-bond acceptors (Lipinski definition) is 8. The summed E-state index contributed by atoms with van der Waals surface area (Å²) in [6, 6.07) is 3.90. The number of nitrogens with zero attached hydrogens (tertiary/aromatic N) is 8. The molecule has 2 unspecified atom stereocenters. The highest BCUT2D eigenvalue weighted by Gasteiger charge is 2.41. The summed E-state index contributed by atoms with van der Waals surface area (Å²) in [6.07, 6.45) is 5.27.